The normalized spacial score (nSPS) is 15.7. The van der Waals surface area contributed by atoms with Crippen LogP contribution in [0.4, 0.5) is 4.39 Å². The predicted octanol–water partition coefficient (Wildman–Crippen LogP) is 0.468. The van der Waals surface area contributed by atoms with E-state index in [1.54, 1.807) is 11.0 Å². The number of nitrogens with one attached hydrogen (secondary N) is 1. The fourth-order valence-corrected chi connectivity index (χ4v) is 2.75. The van der Waals surface area contributed by atoms with Crippen molar-refractivity contribution in [1.82, 2.24) is 15.1 Å². The Morgan fingerprint density at radius 3 is 2.76 bits per heavy atom. The lowest BCUT2D eigenvalue weighted by Gasteiger charge is -2.34. The van der Waals surface area contributed by atoms with E-state index in [-0.39, 0.29) is 17.3 Å². The molecule has 0 unspecified atom stereocenters. The summed E-state index contributed by atoms with van der Waals surface area (Å²) in [7, 11) is 0. The molecule has 7 heteroatoms. The largest absolute Gasteiger partial charge is 0.389 e. The van der Waals surface area contributed by atoms with E-state index in [4.69, 9.17) is 5.73 Å². The first-order valence-corrected chi connectivity index (χ1v) is 8.44. The fraction of sp³-hybridized carbons (Fsp3) is 0.444. The molecule has 6 nitrogen and oxygen atoms in total. The van der Waals surface area contributed by atoms with Gasteiger partial charge in [0, 0.05) is 52.0 Å². The predicted molar refractivity (Wildman–Crippen MR) is 93.9 cm³/mol. The van der Waals surface area contributed by atoms with Crippen LogP contribution in [0.2, 0.25) is 0 Å². The Labute approximate surface area is 147 Å². The Morgan fingerprint density at radius 2 is 2.12 bits per heavy atom. The summed E-state index contributed by atoms with van der Waals surface area (Å²) in [6.07, 6.45) is 2.06. The number of benzene rings is 1. The maximum Gasteiger partial charge on any atom is 0.266 e. The second-order valence-corrected chi connectivity index (χ2v) is 5.93. The minimum absolute atomic E-state index is 0.0894. The molecule has 0 radical (unpaired) electrons. The lowest BCUT2D eigenvalue weighted by molar-refractivity contribution is -0.128. The van der Waals surface area contributed by atoms with Crippen molar-refractivity contribution in [3.05, 3.63) is 47.4 Å². The van der Waals surface area contributed by atoms with E-state index in [2.05, 4.69) is 10.2 Å². The summed E-state index contributed by atoms with van der Waals surface area (Å²) in [5.74, 6) is -0.525. The number of hydrogen-bond acceptors (Lipinski definition) is 5. The van der Waals surface area contributed by atoms with E-state index < -0.39 is 0 Å². The molecule has 1 aliphatic heterocycles. The molecular formula is C18H24FN5O. The number of nitrogens with zero attached hydrogens (tertiary/aromatic N) is 3. The molecule has 1 aromatic rings. The number of hydrogen-bond donors (Lipinski definition) is 2. The van der Waals surface area contributed by atoms with Gasteiger partial charge in [0.15, 0.2) is 0 Å². The smallest absolute Gasteiger partial charge is 0.266 e. The molecule has 0 spiro atoms. The highest BCUT2D eigenvalue weighted by Crippen LogP contribution is 2.07. The SMILES string of the molecule is N#C/C(=C/NCCc1cccc(F)c1)C(=O)N1CCN(CCN)CC1. The van der Waals surface area contributed by atoms with Gasteiger partial charge in [-0.05, 0) is 24.1 Å². The van der Waals surface area contributed by atoms with Crippen molar-refractivity contribution >= 4 is 5.91 Å². The van der Waals surface area contributed by atoms with Gasteiger partial charge in [-0.15, -0.1) is 0 Å². The third-order valence-electron chi connectivity index (χ3n) is 4.15. The lowest BCUT2D eigenvalue weighted by Crippen LogP contribution is -2.50. The molecule has 0 atom stereocenters. The maximum atomic E-state index is 13.1. The summed E-state index contributed by atoms with van der Waals surface area (Å²) in [5, 5.41) is 12.2. The molecule has 0 aromatic heterocycles. The molecule has 0 saturated carbocycles. The molecule has 0 aliphatic carbocycles. The molecular weight excluding hydrogens is 321 g/mol. The quantitative estimate of drug-likeness (QED) is 0.426. The minimum atomic E-state index is -0.269. The first-order chi connectivity index (χ1) is 12.1. The van der Waals surface area contributed by atoms with Crippen LogP contribution in [0.1, 0.15) is 5.56 Å². The number of piperazine rings is 1. The Bertz CT molecular complexity index is 647. The third kappa shape index (κ3) is 5.85. The highest BCUT2D eigenvalue weighted by atomic mass is 19.1. The van der Waals surface area contributed by atoms with Crippen LogP contribution < -0.4 is 11.1 Å². The maximum absolute atomic E-state index is 13.1. The molecule has 1 saturated heterocycles. The second kappa shape index (κ2) is 9.77. The fourth-order valence-electron chi connectivity index (χ4n) is 2.75. The Balaban J connectivity index is 1.81. The van der Waals surface area contributed by atoms with Crippen LogP contribution in [0.15, 0.2) is 36.0 Å². The number of carbonyl (C=O) groups is 1. The summed E-state index contributed by atoms with van der Waals surface area (Å²) < 4.78 is 13.1. The van der Waals surface area contributed by atoms with Crippen LogP contribution in [0.5, 0.6) is 0 Å². The van der Waals surface area contributed by atoms with Crippen molar-refractivity contribution in [2.45, 2.75) is 6.42 Å². The average molecular weight is 345 g/mol. The van der Waals surface area contributed by atoms with Gasteiger partial charge < -0.3 is 16.0 Å². The monoisotopic (exact) mass is 345 g/mol. The Hall–Kier alpha value is -2.43. The van der Waals surface area contributed by atoms with E-state index in [0.717, 1.165) is 25.2 Å². The molecule has 1 fully saturated rings. The zero-order valence-electron chi connectivity index (χ0n) is 14.2. The van der Waals surface area contributed by atoms with E-state index in [0.29, 0.717) is 32.6 Å². The summed E-state index contributed by atoms with van der Waals surface area (Å²) >= 11 is 0. The van der Waals surface area contributed by atoms with Crippen molar-refractivity contribution in [3.63, 3.8) is 0 Å². The molecule has 1 heterocycles. The van der Waals surface area contributed by atoms with E-state index >= 15 is 0 Å². The van der Waals surface area contributed by atoms with Gasteiger partial charge in [0.1, 0.15) is 17.5 Å². The summed E-state index contributed by atoms with van der Waals surface area (Å²) in [6.45, 7) is 4.69. The van der Waals surface area contributed by atoms with Gasteiger partial charge in [-0.1, -0.05) is 12.1 Å². The molecule has 134 valence electrons. The highest BCUT2D eigenvalue weighted by molar-refractivity contribution is 5.97. The second-order valence-electron chi connectivity index (χ2n) is 5.93. The van der Waals surface area contributed by atoms with E-state index in [9.17, 15) is 14.4 Å². The molecule has 3 N–H and O–H groups in total. The number of amides is 1. The number of halogens is 1. The van der Waals surface area contributed by atoms with Crippen molar-refractivity contribution in [2.24, 2.45) is 5.73 Å². The summed E-state index contributed by atoms with van der Waals surface area (Å²) in [6, 6.07) is 8.33. The van der Waals surface area contributed by atoms with Crippen molar-refractivity contribution < 1.29 is 9.18 Å². The molecule has 0 bridgehead atoms. The van der Waals surface area contributed by atoms with Gasteiger partial charge in [0.05, 0.1) is 0 Å². The zero-order chi connectivity index (χ0) is 18.1. The van der Waals surface area contributed by atoms with Crippen LogP contribution in [-0.4, -0.2) is 61.5 Å². The zero-order valence-corrected chi connectivity index (χ0v) is 14.2. The summed E-state index contributed by atoms with van der Waals surface area (Å²) in [4.78, 5) is 16.3. The molecule has 25 heavy (non-hydrogen) atoms. The number of rotatable bonds is 7. The standard InChI is InChI=1S/C18H24FN5O/c19-17-3-1-2-15(12-17)4-6-22-14-16(13-21)18(25)24-10-8-23(7-5-20)9-11-24/h1-3,12,14,22H,4-11,20H2/b16-14-. The van der Waals surface area contributed by atoms with Gasteiger partial charge in [0.25, 0.3) is 5.91 Å². The van der Waals surface area contributed by atoms with Gasteiger partial charge in [-0.2, -0.15) is 5.26 Å². The van der Waals surface area contributed by atoms with Crippen LogP contribution in [0, 0.1) is 17.1 Å². The number of carbonyl (C=O) groups excluding carboxylic acids is 1. The first kappa shape index (κ1) is 18.9. The van der Waals surface area contributed by atoms with Crippen molar-refractivity contribution in [2.75, 3.05) is 45.8 Å². The lowest BCUT2D eigenvalue weighted by atomic mass is 10.1. The first-order valence-electron chi connectivity index (χ1n) is 8.44. The van der Waals surface area contributed by atoms with Crippen molar-refractivity contribution in [1.29, 1.82) is 5.26 Å². The van der Waals surface area contributed by atoms with Crippen LogP contribution in [-0.2, 0) is 11.2 Å². The summed E-state index contributed by atoms with van der Waals surface area (Å²) in [5.41, 5.74) is 6.49. The third-order valence-corrected chi connectivity index (χ3v) is 4.15. The van der Waals surface area contributed by atoms with Gasteiger partial charge >= 0.3 is 0 Å². The number of nitriles is 1. The molecule has 1 amide bonds. The van der Waals surface area contributed by atoms with Crippen LogP contribution in [0.3, 0.4) is 0 Å². The van der Waals surface area contributed by atoms with Gasteiger partial charge in [0.2, 0.25) is 0 Å². The van der Waals surface area contributed by atoms with Gasteiger partial charge in [-0.25, -0.2) is 4.39 Å². The molecule has 1 aliphatic rings. The highest BCUT2D eigenvalue weighted by Gasteiger charge is 2.23. The molecule has 1 aromatic carbocycles. The van der Waals surface area contributed by atoms with E-state index in [1.165, 1.54) is 18.3 Å². The topological polar surface area (TPSA) is 85.4 Å². The Kier molecular flexibility index (Phi) is 7.38. The van der Waals surface area contributed by atoms with Gasteiger partial charge in [-0.3, -0.25) is 9.69 Å². The van der Waals surface area contributed by atoms with Crippen LogP contribution in [0.25, 0.3) is 0 Å². The average Bonchev–Trinajstić information content (AvgIpc) is 2.62. The van der Waals surface area contributed by atoms with E-state index in [1.807, 2.05) is 12.1 Å². The minimum Gasteiger partial charge on any atom is -0.389 e. The number of nitrogens with two attached hydrogens (primary N) is 1. The molecule has 2 rings (SSSR count). The van der Waals surface area contributed by atoms with Crippen LogP contribution >= 0.6 is 0 Å². The Morgan fingerprint density at radius 1 is 1.36 bits per heavy atom. The van der Waals surface area contributed by atoms with Crippen molar-refractivity contribution in [3.8, 4) is 6.07 Å².